The predicted octanol–water partition coefficient (Wildman–Crippen LogP) is 3.44. The second-order valence-electron chi connectivity index (χ2n) is 4.59. The lowest BCUT2D eigenvalue weighted by Crippen LogP contribution is -2.34. The molecule has 18 heavy (non-hydrogen) atoms. The van der Waals surface area contributed by atoms with Crippen LogP contribution >= 0.6 is 27.3 Å². The molecular formula is C13H18BrNO2S. The lowest BCUT2D eigenvalue weighted by molar-refractivity contribution is 0.0946. The quantitative estimate of drug-likeness (QED) is 0.858. The van der Waals surface area contributed by atoms with Crippen LogP contribution in [0.15, 0.2) is 11.4 Å². The monoisotopic (exact) mass is 331 g/mol. The molecule has 100 valence electrons. The van der Waals surface area contributed by atoms with Gasteiger partial charge in [-0.3, -0.25) is 4.79 Å². The molecule has 1 heterocycles. The molecule has 3 nitrogen and oxygen atoms in total. The van der Waals surface area contributed by atoms with Crippen LogP contribution in [-0.4, -0.2) is 24.4 Å². The Hall–Kier alpha value is -0.550. The molecule has 1 aliphatic carbocycles. The van der Waals surface area contributed by atoms with E-state index in [2.05, 4.69) is 21.2 Å². The van der Waals surface area contributed by atoms with Gasteiger partial charge < -0.3 is 10.1 Å². The average molecular weight is 332 g/mol. The van der Waals surface area contributed by atoms with Crippen LogP contribution in [0.2, 0.25) is 0 Å². The molecule has 0 spiro atoms. The molecule has 0 radical (unpaired) electrons. The van der Waals surface area contributed by atoms with Gasteiger partial charge in [0.2, 0.25) is 0 Å². The second kappa shape index (κ2) is 6.57. The summed E-state index contributed by atoms with van der Waals surface area (Å²) in [5.74, 6) is 1.19. The van der Waals surface area contributed by atoms with Crippen molar-refractivity contribution in [3.63, 3.8) is 0 Å². The van der Waals surface area contributed by atoms with Gasteiger partial charge in [0, 0.05) is 11.4 Å². The summed E-state index contributed by atoms with van der Waals surface area (Å²) in [6.07, 6.45) is 4.96. The van der Waals surface area contributed by atoms with E-state index < -0.39 is 0 Å². The zero-order chi connectivity index (χ0) is 13.0. The summed E-state index contributed by atoms with van der Waals surface area (Å²) < 4.78 is 5.16. The highest BCUT2D eigenvalue weighted by molar-refractivity contribution is 9.09. The van der Waals surface area contributed by atoms with Gasteiger partial charge in [0.15, 0.2) is 0 Å². The molecular weight excluding hydrogens is 314 g/mol. The van der Waals surface area contributed by atoms with E-state index in [9.17, 15) is 4.79 Å². The van der Waals surface area contributed by atoms with E-state index in [1.54, 1.807) is 7.11 Å². The molecule has 2 unspecified atom stereocenters. The molecule has 1 aliphatic rings. The molecule has 0 saturated heterocycles. The fraction of sp³-hybridized carbons (Fsp3) is 0.615. The molecule has 1 fully saturated rings. The van der Waals surface area contributed by atoms with Crippen LogP contribution in [0.3, 0.4) is 0 Å². The smallest absolute Gasteiger partial charge is 0.265 e. The predicted molar refractivity (Wildman–Crippen MR) is 77.9 cm³/mol. The Morgan fingerprint density at radius 3 is 3.06 bits per heavy atom. The summed E-state index contributed by atoms with van der Waals surface area (Å²) in [5.41, 5.74) is 0. The first-order chi connectivity index (χ1) is 8.72. The van der Waals surface area contributed by atoms with E-state index in [1.165, 1.54) is 37.0 Å². The van der Waals surface area contributed by atoms with Gasteiger partial charge >= 0.3 is 0 Å². The highest BCUT2D eigenvalue weighted by Gasteiger charge is 2.23. The zero-order valence-electron chi connectivity index (χ0n) is 10.4. The fourth-order valence-electron chi connectivity index (χ4n) is 2.32. The Morgan fingerprint density at radius 1 is 1.56 bits per heavy atom. The molecule has 0 bridgehead atoms. The third-order valence-corrected chi connectivity index (χ3v) is 5.50. The average Bonchev–Trinajstić information content (AvgIpc) is 2.86. The molecule has 0 aliphatic heterocycles. The van der Waals surface area contributed by atoms with Crippen molar-refractivity contribution in [2.24, 2.45) is 5.92 Å². The molecule has 5 heteroatoms. The van der Waals surface area contributed by atoms with E-state index in [-0.39, 0.29) is 5.91 Å². The topological polar surface area (TPSA) is 38.3 Å². The lowest BCUT2D eigenvalue weighted by atomic mass is 9.89. The van der Waals surface area contributed by atoms with E-state index in [4.69, 9.17) is 4.74 Å². The molecule has 2 atom stereocenters. The van der Waals surface area contributed by atoms with Crippen molar-refractivity contribution in [3.8, 4) is 5.75 Å². The summed E-state index contributed by atoms with van der Waals surface area (Å²) in [6, 6.07) is 1.83. The van der Waals surface area contributed by atoms with Crippen molar-refractivity contribution in [2.75, 3.05) is 13.7 Å². The minimum atomic E-state index is -0.0212. The minimum absolute atomic E-state index is 0.0212. The standard InChI is InChI=1S/C13H18BrNO2S/c1-17-11-6-7-18-12(11)13(16)15-8-9-4-2-3-5-10(9)14/h6-7,9-10H,2-5,8H2,1H3,(H,15,16). The van der Waals surface area contributed by atoms with Gasteiger partial charge in [0.25, 0.3) is 5.91 Å². The van der Waals surface area contributed by atoms with Crippen LogP contribution in [0.1, 0.15) is 35.4 Å². The minimum Gasteiger partial charge on any atom is -0.495 e. The third kappa shape index (κ3) is 3.26. The summed E-state index contributed by atoms with van der Waals surface area (Å²) in [6.45, 7) is 0.746. The largest absolute Gasteiger partial charge is 0.495 e. The van der Waals surface area contributed by atoms with Gasteiger partial charge in [0.05, 0.1) is 7.11 Å². The normalized spacial score (nSPS) is 23.7. The van der Waals surface area contributed by atoms with Crippen LogP contribution in [0.5, 0.6) is 5.75 Å². The number of thiophene rings is 1. The number of carbonyl (C=O) groups excluding carboxylic acids is 1. The number of rotatable bonds is 4. The summed E-state index contributed by atoms with van der Waals surface area (Å²) in [4.78, 5) is 13.2. The number of carbonyl (C=O) groups is 1. The van der Waals surface area contributed by atoms with Gasteiger partial charge in [-0.1, -0.05) is 28.8 Å². The van der Waals surface area contributed by atoms with Crippen molar-refractivity contribution >= 4 is 33.2 Å². The van der Waals surface area contributed by atoms with Crippen LogP contribution < -0.4 is 10.1 Å². The second-order valence-corrected chi connectivity index (χ2v) is 6.68. The molecule has 0 aromatic carbocycles. The van der Waals surface area contributed by atoms with Gasteiger partial charge in [-0.15, -0.1) is 11.3 Å². The van der Waals surface area contributed by atoms with Crippen LogP contribution in [-0.2, 0) is 0 Å². The van der Waals surface area contributed by atoms with E-state index >= 15 is 0 Å². The molecule has 2 rings (SSSR count). The molecule has 1 aromatic rings. The van der Waals surface area contributed by atoms with Crippen molar-refractivity contribution < 1.29 is 9.53 Å². The zero-order valence-corrected chi connectivity index (χ0v) is 12.9. The van der Waals surface area contributed by atoms with Crippen LogP contribution in [0, 0.1) is 5.92 Å². The Balaban J connectivity index is 1.88. The fourth-order valence-corrected chi connectivity index (χ4v) is 3.87. The van der Waals surface area contributed by atoms with Crippen molar-refractivity contribution in [3.05, 3.63) is 16.3 Å². The van der Waals surface area contributed by atoms with Gasteiger partial charge in [0.1, 0.15) is 10.6 Å². The van der Waals surface area contributed by atoms with Gasteiger partial charge in [-0.2, -0.15) is 0 Å². The lowest BCUT2D eigenvalue weighted by Gasteiger charge is -2.27. The Kier molecular flexibility index (Phi) is 5.06. The van der Waals surface area contributed by atoms with Crippen LogP contribution in [0.4, 0.5) is 0 Å². The van der Waals surface area contributed by atoms with Crippen LogP contribution in [0.25, 0.3) is 0 Å². The van der Waals surface area contributed by atoms with Crippen molar-refractivity contribution in [1.82, 2.24) is 5.32 Å². The number of methoxy groups -OCH3 is 1. The maximum atomic E-state index is 12.0. The van der Waals surface area contributed by atoms with Crippen molar-refractivity contribution in [1.29, 1.82) is 0 Å². The number of ether oxygens (including phenoxy) is 1. The summed E-state index contributed by atoms with van der Waals surface area (Å²) in [7, 11) is 1.59. The van der Waals surface area contributed by atoms with Crippen molar-refractivity contribution in [2.45, 2.75) is 30.5 Å². The SMILES string of the molecule is COc1ccsc1C(=O)NCC1CCCCC1Br. The highest BCUT2D eigenvalue weighted by atomic mass is 79.9. The van der Waals surface area contributed by atoms with E-state index in [1.807, 2.05) is 11.4 Å². The van der Waals surface area contributed by atoms with Gasteiger partial charge in [-0.25, -0.2) is 0 Å². The third-order valence-electron chi connectivity index (χ3n) is 3.40. The van der Waals surface area contributed by atoms with Gasteiger partial charge in [-0.05, 0) is 30.2 Å². The number of amides is 1. The Labute approximate surface area is 120 Å². The van der Waals surface area contributed by atoms with E-state index in [0.717, 1.165) is 6.54 Å². The first-order valence-electron chi connectivity index (χ1n) is 6.26. The maximum Gasteiger partial charge on any atom is 0.265 e. The number of hydrogen-bond acceptors (Lipinski definition) is 3. The number of hydrogen-bond donors (Lipinski definition) is 1. The maximum absolute atomic E-state index is 12.0. The Bertz CT molecular complexity index is 407. The number of halogens is 1. The summed E-state index contributed by atoms with van der Waals surface area (Å²) in [5, 5.41) is 4.90. The number of nitrogens with one attached hydrogen (secondary N) is 1. The molecule has 1 N–H and O–H groups in total. The first-order valence-corrected chi connectivity index (χ1v) is 8.05. The summed E-state index contributed by atoms with van der Waals surface area (Å²) >= 11 is 5.13. The van der Waals surface area contributed by atoms with E-state index in [0.29, 0.717) is 21.4 Å². The Morgan fingerprint density at radius 2 is 2.33 bits per heavy atom. The number of alkyl halides is 1. The highest BCUT2D eigenvalue weighted by Crippen LogP contribution is 2.30. The molecule has 1 aromatic heterocycles. The molecule has 1 saturated carbocycles. The molecule has 1 amide bonds. The first kappa shape index (κ1) is 13.9.